The molecule has 1 heterocycles. The summed E-state index contributed by atoms with van der Waals surface area (Å²) in [6.45, 7) is 0. The Bertz CT molecular complexity index is 645. The molecule has 0 spiro atoms. The van der Waals surface area contributed by atoms with E-state index < -0.39 is 10.8 Å². The van der Waals surface area contributed by atoms with Crippen LogP contribution >= 0.6 is 0 Å². The molecule has 1 amide bonds. The highest BCUT2D eigenvalue weighted by atomic mass is 16.6. The molecule has 2 rings (SSSR count). The first-order valence-electron chi connectivity index (χ1n) is 5.64. The van der Waals surface area contributed by atoms with Crippen LogP contribution in [0.3, 0.4) is 0 Å². The summed E-state index contributed by atoms with van der Waals surface area (Å²) in [6.07, 6.45) is 4.26. The van der Waals surface area contributed by atoms with Gasteiger partial charge in [-0.05, 0) is 12.1 Å². The molecule has 0 aliphatic rings. The van der Waals surface area contributed by atoms with Crippen LogP contribution in [0.4, 0.5) is 17.1 Å². The molecule has 0 bridgehead atoms. The minimum absolute atomic E-state index is 0.0907. The zero-order valence-corrected chi connectivity index (χ0v) is 10.5. The lowest BCUT2D eigenvalue weighted by Crippen LogP contribution is -2.12. The Kier molecular flexibility index (Phi) is 3.85. The molecule has 0 unspecified atom stereocenters. The predicted octanol–water partition coefficient (Wildman–Crippen LogP) is 1.68. The number of anilines is 2. The van der Waals surface area contributed by atoms with Gasteiger partial charge >= 0.3 is 0 Å². The van der Waals surface area contributed by atoms with Crippen molar-refractivity contribution in [2.24, 2.45) is 0 Å². The van der Waals surface area contributed by atoms with Gasteiger partial charge < -0.3 is 10.6 Å². The van der Waals surface area contributed by atoms with E-state index in [2.05, 4.69) is 20.6 Å². The number of benzene rings is 1. The molecule has 0 aliphatic carbocycles. The zero-order chi connectivity index (χ0) is 14.5. The van der Waals surface area contributed by atoms with Gasteiger partial charge in [0.2, 0.25) is 0 Å². The summed E-state index contributed by atoms with van der Waals surface area (Å²) in [7, 11) is 1.55. The van der Waals surface area contributed by atoms with Gasteiger partial charge in [-0.25, -0.2) is 9.97 Å². The number of nitro groups is 1. The van der Waals surface area contributed by atoms with E-state index >= 15 is 0 Å². The molecule has 0 saturated heterocycles. The van der Waals surface area contributed by atoms with Gasteiger partial charge in [0.05, 0.1) is 23.0 Å². The Morgan fingerprint density at radius 2 is 2.00 bits per heavy atom. The van der Waals surface area contributed by atoms with E-state index in [1.165, 1.54) is 36.9 Å². The number of aromatic nitrogens is 2. The fraction of sp³-hybridized carbons (Fsp3) is 0.0833. The first-order chi connectivity index (χ1) is 9.61. The fourth-order valence-corrected chi connectivity index (χ4v) is 1.60. The molecule has 1 aromatic carbocycles. The Morgan fingerprint density at radius 3 is 2.60 bits per heavy atom. The molecule has 0 atom stereocenters. The second-order valence-corrected chi connectivity index (χ2v) is 3.82. The average Bonchev–Trinajstić information content (AvgIpc) is 2.47. The van der Waals surface area contributed by atoms with Crippen molar-refractivity contribution in [2.45, 2.75) is 0 Å². The van der Waals surface area contributed by atoms with Gasteiger partial charge in [-0.1, -0.05) is 0 Å². The zero-order valence-electron chi connectivity index (χ0n) is 10.5. The van der Waals surface area contributed by atoms with Gasteiger partial charge in [0.25, 0.3) is 11.6 Å². The summed E-state index contributed by atoms with van der Waals surface area (Å²) in [6, 6.07) is 4.08. The number of hydrogen-bond acceptors (Lipinski definition) is 6. The van der Waals surface area contributed by atoms with Crippen LogP contribution in [-0.2, 0) is 0 Å². The van der Waals surface area contributed by atoms with Crippen LogP contribution in [0, 0.1) is 10.1 Å². The van der Waals surface area contributed by atoms with E-state index in [1.807, 2.05) is 0 Å². The Labute approximate surface area is 114 Å². The highest BCUT2D eigenvalue weighted by molar-refractivity contribution is 6.05. The number of carbonyl (C=O) groups is 1. The van der Waals surface area contributed by atoms with Gasteiger partial charge in [0, 0.05) is 18.7 Å². The Hall–Kier alpha value is -3.03. The maximum Gasteiger partial charge on any atom is 0.292 e. The summed E-state index contributed by atoms with van der Waals surface area (Å²) in [4.78, 5) is 29.8. The van der Waals surface area contributed by atoms with Gasteiger partial charge in [-0.3, -0.25) is 14.9 Å². The second kappa shape index (κ2) is 5.74. The van der Waals surface area contributed by atoms with Crippen molar-refractivity contribution < 1.29 is 9.72 Å². The van der Waals surface area contributed by atoms with Crippen molar-refractivity contribution in [1.82, 2.24) is 9.97 Å². The number of rotatable bonds is 4. The third-order valence-corrected chi connectivity index (χ3v) is 2.54. The lowest BCUT2D eigenvalue weighted by atomic mass is 10.1. The molecule has 1 aromatic heterocycles. The van der Waals surface area contributed by atoms with E-state index in [9.17, 15) is 14.9 Å². The average molecular weight is 273 g/mol. The van der Waals surface area contributed by atoms with Crippen molar-refractivity contribution in [3.8, 4) is 0 Å². The molecule has 8 heteroatoms. The molecular weight excluding hydrogens is 262 g/mol. The van der Waals surface area contributed by atoms with Crippen LogP contribution in [0.5, 0.6) is 0 Å². The molecule has 102 valence electrons. The molecule has 20 heavy (non-hydrogen) atoms. The smallest absolute Gasteiger partial charge is 0.292 e. The van der Waals surface area contributed by atoms with Gasteiger partial charge in [0.1, 0.15) is 12.0 Å². The molecular formula is C12H11N5O3. The summed E-state index contributed by atoms with van der Waals surface area (Å²) >= 11 is 0. The summed E-state index contributed by atoms with van der Waals surface area (Å²) in [5.41, 5.74) is 0.921. The highest BCUT2D eigenvalue weighted by Gasteiger charge is 2.16. The van der Waals surface area contributed by atoms with Crippen LogP contribution in [-0.4, -0.2) is 27.8 Å². The first-order valence-corrected chi connectivity index (χ1v) is 5.64. The number of nitrogens with zero attached hydrogens (tertiary/aromatic N) is 3. The van der Waals surface area contributed by atoms with Crippen LogP contribution < -0.4 is 10.6 Å². The van der Waals surface area contributed by atoms with Crippen molar-refractivity contribution in [3.63, 3.8) is 0 Å². The van der Waals surface area contributed by atoms with Crippen molar-refractivity contribution in [3.05, 3.63) is 52.6 Å². The summed E-state index contributed by atoms with van der Waals surface area (Å²) in [5.74, 6) is -0.397. The molecule has 8 nitrogen and oxygen atoms in total. The molecule has 2 N–H and O–H groups in total. The number of carbonyl (C=O) groups excluding carboxylic acids is 1. The predicted molar refractivity (Wildman–Crippen MR) is 72.6 cm³/mol. The fourth-order valence-electron chi connectivity index (χ4n) is 1.60. The topological polar surface area (TPSA) is 110 Å². The van der Waals surface area contributed by atoms with Crippen LogP contribution in [0.15, 0.2) is 36.9 Å². The monoisotopic (exact) mass is 273 g/mol. The molecule has 0 aliphatic heterocycles. The SMILES string of the molecule is CNc1cc(C(=O)Nc2cncnc2)ccc1[N+](=O)[O-]. The quantitative estimate of drug-likeness (QED) is 0.647. The normalized spacial score (nSPS) is 9.85. The van der Waals surface area contributed by atoms with E-state index in [0.29, 0.717) is 11.3 Å². The van der Waals surface area contributed by atoms with Gasteiger partial charge in [-0.2, -0.15) is 0 Å². The molecule has 2 aromatic rings. The number of hydrogen-bond donors (Lipinski definition) is 2. The second-order valence-electron chi connectivity index (χ2n) is 3.82. The van der Waals surface area contributed by atoms with E-state index in [4.69, 9.17) is 0 Å². The van der Waals surface area contributed by atoms with Gasteiger partial charge in [-0.15, -0.1) is 0 Å². The van der Waals surface area contributed by atoms with Crippen molar-refractivity contribution in [2.75, 3.05) is 17.7 Å². The maximum absolute atomic E-state index is 12.0. The number of nitrogens with one attached hydrogen (secondary N) is 2. The lowest BCUT2D eigenvalue weighted by Gasteiger charge is -2.07. The third kappa shape index (κ3) is 2.86. The Morgan fingerprint density at radius 1 is 1.30 bits per heavy atom. The molecule has 0 fully saturated rings. The van der Waals surface area contributed by atoms with Crippen molar-refractivity contribution >= 4 is 23.0 Å². The maximum atomic E-state index is 12.0. The minimum Gasteiger partial charge on any atom is -0.383 e. The summed E-state index contributed by atoms with van der Waals surface area (Å²) < 4.78 is 0. The number of amides is 1. The van der Waals surface area contributed by atoms with Crippen LogP contribution in [0.25, 0.3) is 0 Å². The summed E-state index contributed by atoms with van der Waals surface area (Å²) in [5, 5.41) is 16.1. The number of nitro benzene ring substituents is 1. The minimum atomic E-state index is -0.515. The van der Waals surface area contributed by atoms with Crippen LogP contribution in [0.2, 0.25) is 0 Å². The Balaban J connectivity index is 2.25. The standard InChI is InChI=1S/C12H11N5O3/c1-13-10-4-8(2-3-11(10)17(19)20)12(18)16-9-5-14-7-15-6-9/h2-7,13H,1H3,(H,16,18). The van der Waals surface area contributed by atoms with Crippen molar-refractivity contribution in [1.29, 1.82) is 0 Å². The molecule has 0 radical (unpaired) electrons. The molecule has 0 saturated carbocycles. The third-order valence-electron chi connectivity index (χ3n) is 2.54. The van der Waals surface area contributed by atoms with Gasteiger partial charge in [0.15, 0.2) is 0 Å². The first kappa shape index (κ1) is 13.4. The van der Waals surface area contributed by atoms with E-state index in [1.54, 1.807) is 7.05 Å². The van der Waals surface area contributed by atoms with E-state index in [-0.39, 0.29) is 11.4 Å². The highest BCUT2D eigenvalue weighted by Crippen LogP contribution is 2.25. The van der Waals surface area contributed by atoms with Crippen LogP contribution in [0.1, 0.15) is 10.4 Å². The lowest BCUT2D eigenvalue weighted by molar-refractivity contribution is -0.383. The van der Waals surface area contributed by atoms with E-state index in [0.717, 1.165) is 0 Å². The largest absolute Gasteiger partial charge is 0.383 e.